The molecule has 7 nitrogen and oxygen atoms in total. The summed E-state index contributed by atoms with van der Waals surface area (Å²) in [6.45, 7) is 4.15. The Morgan fingerprint density at radius 3 is 2.50 bits per heavy atom. The van der Waals surface area contributed by atoms with Crippen molar-refractivity contribution in [2.45, 2.75) is 19.0 Å². The SMILES string of the molecule is CC1(N)c2cc(C(=O)c3ccc(C=NN4CCSCC4)cc3)ccc2CCN1CC(=O)O. The van der Waals surface area contributed by atoms with Crippen LogP contribution in [0.2, 0.25) is 0 Å². The molecular weight excluding hydrogens is 424 g/mol. The van der Waals surface area contributed by atoms with Crippen molar-refractivity contribution in [3.8, 4) is 0 Å². The van der Waals surface area contributed by atoms with Gasteiger partial charge in [-0.15, -0.1) is 0 Å². The summed E-state index contributed by atoms with van der Waals surface area (Å²) in [4.78, 5) is 26.1. The van der Waals surface area contributed by atoms with Crippen LogP contribution in [0, 0.1) is 0 Å². The van der Waals surface area contributed by atoms with Gasteiger partial charge in [-0.2, -0.15) is 16.9 Å². The molecule has 0 bridgehead atoms. The third kappa shape index (κ3) is 4.87. The van der Waals surface area contributed by atoms with Crippen molar-refractivity contribution < 1.29 is 14.7 Å². The highest BCUT2D eigenvalue weighted by Crippen LogP contribution is 2.32. The Hall–Kier alpha value is -2.68. The van der Waals surface area contributed by atoms with Crippen LogP contribution in [-0.2, 0) is 16.9 Å². The van der Waals surface area contributed by atoms with Crippen LogP contribution in [0.4, 0.5) is 0 Å². The number of hydrazone groups is 1. The first-order valence-corrected chi connectivity index (χ1v) is 11.9. The second-order valence-corrected chi connectivity index (χ2v) is 9.57. The second-order valence-electron chi connectivity index (χ2n) is 8.35. The van der Waals surface area contributed by atoms with Crippen LogP contribution in [0.5, 0.6) is 0 Å². The van der Waals surface area contributed by atoms with Gasteiger partial charge in [0.1, 0.15) is 0 Å². The van der Waals surface area contributed by atoms with Crippen LogP contribution in [0.3, 0.4) is 0 Å². The van der Waals surface area contributed by atoms with Crippen molar-refractivity contribution in [3.05, 3.63) is 70.3 Å². The predicted molar refractivity (Wildman–Crippen MR) is 127 cm³/mol. The Kier molecular flexibility index (Phi) is 6.64. The van der Waals surface area contributed by atoms with Gasteiger partial charge in [0.05, 0.1) is 18.4 Å². The molecule has 1 saturated heterocycles. The Bertz CT molecular complexity index is 1030. The normalized spacial score (nSPS) is 21.5. The highest BCUT2D eigenvalue weighted by Gasteiger charge is 2.36. The number of carbonyl (C=O) groups is 2. The van der Waals surface area contributed by atoms with Crippen molar-refractivity contribution >= 4 is 29.7 Å². The molecule has 3 N–H and O–H groups in total. The van der Waals surface area contributed by atoms with Gasteiger partial charge in [0.25, 0.3) is 0 Å². The predicted octanol–water partition coefficient (Wildman–Crippen LogP) is 2.37. The van der Waals surface area contributed by atoms with E-state index in [-0.39, 0.29) is 12.3 Å². The molecule has 0 radical (unpaired) electrons. The van der Waals surface area contributed by atoms with Crippen molar-refractivity contribution in [3.63, 3.8) is 0 Å². The lowest BCUT2D eigenvalue weighted by atomic mass is 9.86. The number of carbonyl (C=O) groups excluding carboxylic acids is 1. The number of fused-ring (bicyclic) bond motifs is 1. The Morgan fingerprint density at radius 1 is 1.12 bits per heavy atom. The van der Waals surface area contributed by atoms with Crippen LogP contribution in [0.25, 0.3) is 0 Å². The lowest BCUT2D eigenvalue weighted by Crippen LogP contribution is -2.56. The second kappa shape index (κ2) is 9.44. The summed E-state index contributed by atoms with van der Waals surface area (Å²) in [5.74, 6) is 1.19. The molecule has 2 aliphatic heterocycles. The number of nitrogens with two attached hydrogens (primary N) is 1. The minimum absolute atomic E-state index is 0.0875. The van der Waals surface area contributed by atoms with Crippen molar-refractivity contribution in [1.29, 1.82) is 0 Å². The fourth-order valence-electron chi connectivity index (χ4n) is 4.18. The zero-order valence-electron chi connectivity index (χ0n) is 18.2. The maximum Gasteiger partial charge on any atom is 0.317 e. The molecule has 0 amide bonds. The van der Waals surface area contributed by atoms with E-state index in [4.69, 9.17) is 5.73 Å². The standard InChI is InChI=1S/C24H28N4O3S/c1-24(25)21-14-20(7-6-18(21)8-9-27(24)16-22(29)30)23(31)19-4-2-17(3-5-19)15-26-28-10-12-32-13-11-28/h2-7,14-15H,8-13,16,25H2,1H3,(H,29,30). The molecule has 2 aliphatic rings. The zero-order chi connectivity index (χ0) is 22.7. The minimum Gasteiger partial charge on any atom is -0.480 e. The molecular formula is C24H28N4O3S. The van der Waals surface area contributed by atoms with Gasteiger partial charge in [0, 0.05) is 42.3 Å². The van der Waals surface area contributed by atoms with Gasteiger partial charge >= 0.3 is 5.97 Å². The van der Waals surface area contributed by atoms with Crippen LogP contribution >= 0.6 is 11.8 Å². The Morgan fingerprint density at radius 2 is 1.81 bits per heavy atom. The molecule has 168 valence electrons. The van der Waals surface area contributed by atoms with Crippen molar-refractivity contribution in [2.24, 2.45) is 10.8 Å². The number of carboxylic acid groups (broad SMARTS) is 1. The largest absolute Gasteiger partial charge is 0.480 e. The number of aliphatic carboxylic acids is 1. The van der Waals surface area contributed by atoms with E-state index in [9.17, 15) is 14.7 Å². The van der Waals surface area contributed by atoms with E-state index in [0.29, 0.717) is 24.1 Å². The maximum atomic E-state index is 13.1. The first-order valence-electron chi connectivity index (χ1n) is 10.7. The third-order valence-corrected chi connectivity index (χ3v) is 7.02. The molecule has 0 saturated carbocycles. The number of hydrogen-bond donors (Lipinski definition) is 2. The molecule has 2 heterocycles. The van der Waals surface area contributed by atoms with Gasteiger partial charge < -0.3 is 10.8 Å². The number of rotatable bonds is 6. The average Bonchev–Trinajstić information content (AvgIpc) is 2.80. The maximum absolute atomic E-state index is 13.1. The Labute approximate surface area is 192 Å². The van der Waals surface area contributed by atoms with E-state index >= 15 is 0 Å². The topological polar surface area (TPSA) is 99.2 Å². The lowest BCUT2D eigenvalue weighted by Gasteiger charge is -2.42. The first-order chi connectivity index (χ1) is 15.3. The molecule has 0 aliphatic carbocycles. The first kappa shape index (κ1) is 22.5. The van der Waals surface area contributed by atoms with E-state index in [1.54, 1.807) is 11.8 Å². The van der Waals surface area contributed by atoms with Crippen LogP contribution in [0.15, 0.2) is 47.6 Å². The quantitative estimate of drug-likeness (QED) is 0.513. The van der Waals surface area contributed by atoms with Gasteiger partial charge in [-0.05, 0) is 36.1 Å². The lowest BCUT2D eigenvalue weighted by molar-refractivity contribution is -0.140. The highest BCUT2D eigenvalue weighted by atomic mass is 32.2. The van der Waals surface area contributed by atoms with Gasteiger partial charge in [-0.25, -0.2) is 0 Å². The number of thioether (sulfide) groups is 1. The minimum atomic E-state index is -0.949. The molecule has 1 fully saturated rings. The summed E-state index contributed by atoms with van der Waals surface area (Å²) in [6.07, 6.45) is 2.54. The third-order valence-electron chi connectivity index (χ3n) is 6.08. The smallest absolute Gasteiger partial charge is 0.317 e. The summed E-state index contributed by atoms with van der Waals surface area (Å²) in [5, 5.41) is 15.8. The monoisotopic (exact) mass is 452 g/mol. The van der Waals surface area contributed by atoms with Crippen molar-refractivity contribution in [1.82, 2.24) is 9.91 Å². The molecule has 0 aromatic heterocycles. The number of nitrogens with zero attached hydrogens (tertiary/aromatic N) is 3. The highest BCUT2D eigenvalue weighted by molar-refractivity contribution is 7.99. The van der Waals surface area contributed by atoms with E-state index in [2.05, 4.69) is 10.1 Å². The number of carboxylic acids is 1. The van der Waals surface area contributed by atoms with Gasteiger partial charge in [0.2, 0.25) is 0 Å². The van der Waals surface area contributed by atoms with E-state index in [0.717, 1.165) is 41.3 Å². The number of hydrogen-bond acceptors (Lipinski definition) is 7. The van der Waals surface area contributed by atoms with Gasteiger partial charge in [-0.1, -0.05) is 36.4 Å². The van der Waals surface area contributed by atoms with Gasteiger partial charge in [0.15, 0.2) is 5.78 Å². The molecule has 1 unspecified atom stereocenters. The molecule has 1 atom stereocenters. The summed E-state index contributed by atoms with van der Waals surface area (Å²) >= 11 is 1.94. The molecule has 32 heavy (non-hydrogen) atoms. The molecule has 4 rings (SSSR count). The molecule has 8 heteroatoms. The fraction of sp³-hybridized carbons (Fsp3) is 0.375. The Balaban J connectivity index is 1.51. The molecule has 2 aromatic carbocycles. The number of benzene rings is 2. The summed E-state index contributed by atoms with van der Waals surface area (Å²) < 4.78 is 0. The van der Waals surface area contributed by atoms with Crippen LogP contribution in [0.1, 0.15) is 39.5 Å². The number of ketones is 1. The molecule has 2 aromatic rings. The van der Waals surface area contributed by atoms with Gasteiger partial charge in [-0.3, -0.25) is 19.5 Å². The summed E-state index contributed by atoms with van der Waals surface area (Å²) in [7, 11) is 0. The fourth-order valence-corrected chi connectivity index (χ4v) is 5.06. The van der Waals surface area contributed by atoms with E-state index < -0.39 is 11.6 Å². The van der Waals surface area contributed by atoms with E-state index in [1.807, 2.05) is 60.4 Å². The van der Waals surface area contributed by atoms with Crippen LogP contribution < -0.4 is 5.73 Å². The molecule has 0 spiro atoms. The summed E-state index contributed by atoms with van der Waals surface area (Å²) in [5.41, 5.74) is 9.53. The average molecular weight is 453 g/mol. The van der Waals surface area contributed by atoms with E-state index in [1.165, 1.54) is 0 Å². The zero-order valence-corrected chi connectivity index (χ0v) is 19.0. The summed E-state index contributed by atoms with van der Waals surface area (Å²) in [6, 6.07) is 13.0. The van der Waals surface area contributed by atoms with Crippen molar-refractivity contribution in [2.75, 3.05) is 37.7 Å². The van der Waals surface area contributed by atoms with Crippen LogP contribution in [-0.4, -0.2) is 70.7 Å².